The first-order chi connectivity index (χ1) is 15.8. The molecule has 0 N–H and O–H groups in total. The van der Waals surface area contributed by atoms with Crippen LogP contribution in [0.15, 0.2) is 36.4 Å². The number of hydrogen-bond acceptors (Lipinski definition) is 0. The molecule has 2 heterocycles. The molecule has 0 spiro atoms. The molecule has 0 atom stereocenters. The third-order valence-electron chi connectivity index (χ3n) is 7.61. The van der Waals surface area contributed by atoms with Gasteiger partial charge in [-0.2, -0.15) is 0 Å². The molecule has 2 aliphatic rings. The van der Waals surface area contributed by atoms with Crippen molar-refractivity contribution in [3.8, 4) is 57.7 Å². The van der Waals surface area contributed by atoms with E-state index in [2.05, 4.69) is 146 Å². The lowest BCUT2D eigenvalue weighted by atomic mass is 9.99. The van der Waals surface area contributed by atoms with E-state index in [9.17, 15) is 0 Å². The monoisotopic (exact) mass is 502 g/mol. The Kier molecular flexibility index (Phi) is 5.99. The Labute approximate surface area is 209 Å². The van der Waals surface area contributed by atoms with Crippen molar-refractivity contribution in [2.45, 2.75) is 52.4 Å². The molecule has 0 amide bonds. The lowest BCUT2D eigenvalue weighted by molar-refractivity contribution is 1.52. The summed E-state index contributed by atoms with van der Waals surface area (Å²) in [6, 6.07) is 12.5. The lowest BCUT2D eigenvalue weighted by Gasteiger charge is -2.28. The highest BCUT2D eigenvalue weighted by Crippen LogP contribution is 2.23. The molecule has 2 aromatic rings. The van der Waals surface area contributed by atoms with Crippen molar-refractivity contribution in [1.82, 2.24) is 0 Å². The van der Waals surface area contributed by atoms with Gasteiger partial charge in [0.15, 0.2) is 0 Å². The Bertz CT molecular complexity index is 1310. The zero-order chi connectivity index (χ0) is 24.8. The van der Waals surface area contributed by atoms with E-state index in [-0.39, 0.29) is 0 Å². The van der Waals surface area contributed by atoms with Crippen LogP contribution in [0.4, 0.5) is 0 Å². The Balaban J connectivity index is 2.19. The summed E-state index contributed by atoms with van der Waals surface area (Å²) in [5, 5.41) is 0. The Morgan fingerprint density at radius 3 is 0.853 bits per heavy atom. The van der Waals surface area contributed by atoms with Gasteiger partial charge in [-0.15, -0.1) is 22.2 Å². The quantitative estimate of drug-likeness (QED) is 0.322. The maximum absolute atomic E-state index is 3.72. The van der Waals surface area contributed by atoms with Crippen LogP contribution in [0, 0.1) is 57.7 Å². The highest BCUT2D eigenvalue weighted by molar-refractivity contribution is 7.47. The molecule has 2 aromatic carbocycles. The van der Waals surface area contributed by atoms with Gasteiger partial charge in [0, 0.05) is 22.3 Å². The fourth-order valence-electron chi connectivity index (χ4n) is 3.43. The van der Waals surface area contributed by atoms with Crippen LogP contribution >= 0.6 is 0 Å². The molecular weight excluding hydrogens is 473 g/mol. The third-order valence-corrected chi connectivity index (χ3v) is 37.1. The second kappa shape index (κ2) is 8.40. The molecule has 0 aliphatic carbocycles. The molecule has 2 aliphatic heterocycles. The van der Waals surface area contributed by atoms with Gasteiger partial charge >= 0.3 is 0 Å². The van der Waals surface area contributed by atoms with Crippen molar-refractivity contribution in [2.24, 2.45) is 0 Å². The van der Waals surface area contributed by atoms with E-state index >= 15 is 0 Å². The third kappa shape index (κ3) is 4.42. The van der Waals surface area contributed by atoms with E-state index in [0.717, 1.165) is 33.4 Å². The van der Waals surface area contributed by atoms with Crippen molar-refractivity contribution in [1.29, 1.82) is 0 Å². The summed E-state index contributed by atoms with van der Waals surface area (Å²) < 4.78 is 0. The molecule has 2 bridgehead atoms. The maximum atomic E-state index is 3.72. The van der Waals surface area contributed by atoms with E-state index in [0.29, 0.717) is 0 Å². The Morgan fingerprint density at radius 1 is 0.382 bits per heavy atom. The zero-order valence-corrected chi connectivity index (χ0v) is 25.5. The van der Waals surface area contributed by atoms with Gasteiger partial charge in [0.05, 0.1) is 11.1 Å². The van der Waals surface area contributed by atoms with Gasteiger partial charge in [-0.25, -0.2) is 0 Å². The zero-order valence-electron chi connectivity index (χ0n) is 21.5. The average Bonchev–Trinajstić information content (AvgIpc) is 2.76. The van der Waals surface area contributed by atoms with E-state index in [1.807, 2.05) is 0 Å². The van der Waals surface area contributed by atoms with Crippen molar-refractivity contribution in [3.05, 3.63) is 69.8 Å². The number of rotatable bonds is 0. The van der Waals surface area contributed by atoms with Gasteiger partial charge in [-0.05, 0) is 24.3 Å². The molecule has 4 rings (SSSR count). The summed E-state index contributed by atoms with van der Waals surface area (Å²) in [5.74, 6) is 21.1. The van der Waals surface area contributed by atoms with Gasteiger partial charge in [0.25, 0.3) is 0 Å². The van der Waals surface area contributed by atoms with Gasteiger partial charge < -0.3 is 0 Å². The van der Waals surface area contributed by atoms with Crippen LogP contribution in [0.2, 0.25) is 52.4 Å². The normalized spacial score (nSPS) is 18.9. The van der Waals surface area contributed by atoms with Crippen molar-refractivity contribution < 1.29 is 0 Å². The first kappa shape index (κ1) is 24.2. The topological polar surface area (TPSA) is 0 Å². The van der Waals surface area contributed by atoms with Gasteiger partial charge in [-0.1, -0.05) is 100 Å². The predicted molar refractivity (Wildman–Crippen MR) is 156 cm³/mol. The van der Waals surface area contributed by atoms with E-state index < -0.39 is 30.4 Å². The summed E-state index contributed by atoms with van der Waals surface area (Å²) in [5.41, 5.74) is 20.7. The first-order valence-electron chi connectivity index (χ1n) is 11.7. The summed E-state index contributed by atoms with van der Waals surface area (Å²) in [6.45, 7) is 18.9. The van der Waals surface area contributed by atoms with Crippen LogP contribution in [0.5, 0.6) is 0 Å². The fourth-order valence-corrected chi connectivity index (χ4v) is 11.0. The highest BCUT2D eigenvalue weighted by atomic mass is 29.3. The lowest BCUT2D eigenvalue weighted by Crippen LogP contribution is -2.53. The van der Waals surface area contributed by atoms with Crippen LogP contribution in [-0.2, 0) is 0 Å². The Hall–Kier alpha value is -2.89. The molecule has 0 unspecified atom stereocenters. The SMILES string of the molecule is C[Si]1(C)C#Cc2cccc3c2C#Cc2c(cccc2C#C[Si](C)(C)[Si](C)(C)C#C3)C#C[Si]1(C)C. The minimum Gasteiger partial charge on any atom is -0.128 e. The molecule has 0 aromatic heterocycles. The second-order valence-electron chi connectivity index (χ2n) is 11.2. The molecular formula is C30H30Si4. The standard InChI is InChI=1S/C30H30Si4/c1-31(2)21-17-25-11-9-13-27-19-23-33(5,6)34(7,8)24-20-28-14-10-12-26(18-22-32(31,3)4)30(28)16-15-29(25)27/h9-14H,1-8H3. The fraction of sp³-hybridized carbons (Fsp3) is 0.267. The van der Waals surface area contributed by atoms with Crippen molar-refractivity contribution in [3.63, 3.8) is 0 Å². The van der Waals surface area contributed by atoms with Gasteiger partial charge in [0.1, 0.15) is 30.4 Å². The Morgan fingerprint density at radius 2 is 0.618 bits per heavy atom. The van der Waals surface area contributed by atoms with Gasteiger partial charge in [-0.3, -0.25) is 0 Å². The molecule has 0 radical (unpaired) electrons. The molecule has 0 nitrogen and oxygen atoms in total. The highest BCUT2D eigenvalue weighted by Gasteiger charge is 2.40. The van der Waals surface area contributed by atoms with Crippen LogP contribution in [-0.4, -0.2) is 30.4 Å². The van der Waals surface area contributed by atoms with Crippen LogP contribution in [0.1, 0.15) is 33.4 Å². The number of hydrogen-bond donors (Lipinski definition) is 0. The summed E-state index contributed by atoms with van der Waals surface area (Å²) in [6.07, 6.45) is 0. The van der Waals surface area contributed by atoms with E-state index in [1.54, 1.807) is 0 Å². The molecule has 0 saturated heterocycles. The average molecular weight is 503 g/mol. The summed E-state index contributed by atoms with van der Waals surface area (Å²) in [7, 11) is -7.50. The molecule has 34 heavy (non-hydrogen) atoms. The smallest absolute Gasteiger partial charge is 0.128 e. The molecule has 166 valence electrons. The summed E-state index contributed by atoms with van der Waals surface area (Å²) >= 11 is 0. The second-order valence-corrected chi connectivity index (χ2v) is 40.2. The van der Waals surface area contributed by atoms with Gasteiger partial charge in [0.2, 0.25) is 0 Å². The van der Waals surface area contributed by atoms with Crippen LogP contribution in [0.3, 0.4) is 0 Å². The van der Waals surface area contributed by atoms with Crippen molar-refractivity contribution in [2.75, 3.05) is 0 Å². The molecule has 4 heteroatoms. The van der Waals surface area contributed by atoms with E-state index in [1.165, 1.54) is 0 Å². The largest absolute Gasteiger partial charge is 0.138 e. The van der Waals surface area contributed by atoms with Crippen molar-refractivity contribution >= 4 is 30.4 Å². The summed E-state index contributed by atoms with van der Waals surface area (Å²) in [4.78, 5) is 0. The minimum absolute atomic E-state index is 0.943. The minimum atomic E-state index is -1.88. The molecule has 0 fully saturated rings. The number of benzene rings is 2. The van der Waals surface area contributed by atoms with E-state index in [4.69, 9.17) is 0 Å². The first-order valence-corrected chi connectivity index (χ1v) is 25.7. The van der Waals surface area contributed by atoms with Crippen LogP contribution in [0.25, 0.3) is 0 Å². The van der Waals surface area contributed by atoms with Crippen LogP contribution < -0.4 is 0 Å². The molecule has 0 saturated carbocycles. The maximum Gasteiger partial charge on any atom is 0.138 e. The predicted octanol–water partition coefficient (Wildman–Crippen LogP) is 5.67.